The van der Waals surface area contributed by atoms with Gasteiger partial charge in [0, 0.05) is 17.1 Å². The molecule has 5 aromatic carbocycles. The summed E-state index contributed by atoms with van der Waals surface area (Å²) in [6.45, 7) is 2.11. The van der Waals surface area contributed by atoms with Crippen LogP contribution in [0.25, 0.3) is 23.3 Å². The molecule has 34 heavy (non-hydrogen) atoms. The normalized spacial score (nSPS) is 11.0. The fraction of sp³-hybridized carbons (Fsp3) is 0.0303. The highest BCUT2D eigenvalue weighted by Crippen LogP contribution is 2.35. The van der Waals surface area contributed by atoms with E-state index < -0.39 is 0 Å². The molecule has 0 aliphatic rings. The van der Waals surface area contributed by atoms with Gasteiger partial charge >= 0.3 is 0 Å². The Kier molecular flexibility index (Phi) is 6.36. The van der Waals surface area contributed by atoms with Gasteiger partial charge in [-0.25, -0.2) is 0 Å². The van der Waals surface area contributed by atoms with Crippen molar-refractivity contribution >= 4 is 29.2 Å². The number of anilines is 3. The fourth-order valence-electron chi connectivity index (χ4n) is 4.06. The van der Waals surface area contributed by atoms with Gasteiger partial charge in [-0.2, -0.15) is 0 Å². The first-order valence-electron chi connectivity index (χ1n) is 11.6. The van der Waals surface area contributed by atoms with Crippen LogP contribution in [0.3, 0.4) is 0 Å². The van der Waals surface area contributed by atoms with E-state index in [2.05, 4.69) is 157 Å². The number of hydrogen-bond acceptors (Lipinski definition) is 1. The molecule has 0 aromatic heterocycles. The van der Waals surface area contributed by atoms with Gasteiger partial charge in [0.1, 0.15) is 0 Å². The van der Waals surface area contributed by atoms with Gasteiger partial charge in [-0.05, 0) is 65.6 Å². The summed E-state index contributed by atoms with van der Waals surface area (Å²) in [5.41, 5.74) is 9.51. The Morgan fingerprint density at radius 3 is 1.38 bits per heavy atom. The summed E-state index contributed by atoms with van der Waals surface area (Å²) in [6, 6.07) is 47.1. The maximum absolute atomic E-state index is 2.29. The number of benzene rings is 5. The molecule has 0 radical (unpaired) electrons. The minimum atomic E-state index is 1.13. The van der Waals surface area contributed by atoms with E-state index in [4.69, 9.17) is 0 Å². The zero-order valence-corrected chi connectivity index (χ0v) is 19.3. The second-order valence-corrected chi connectivity index (χ2v) is 8.42. The van der Waals surface area contributed by atoms with Gasteiger partial charge in [0.05, 0.1) is 0 Å². The van der Waals surface area contributed by atoms with Crippen molar-refractivity contribution in [2.75, 3.05) is 4.90 Å². The van der Waals surface area contributed by atoms with E-state index in [1.807, 2.05) is 0 Å². The second-order valence-electron chi connectivity index (χ2n) is 8.42. The topological polar surface area (TPSA) is 3.24 Å². The van der Waals surface area contributed by atoms with Crippen LogP contribution >= 0.6 is 0 Å². The molecule has 0 N–H and O–H groups in total. The molecule has 0 saturated carbocycles. The van der Waals surface area contributed by atoms with Crippen molar-refractivity contribution < 1.29 is 0 Å². The number of para-hydroxylation sites is 1. The average molecular weight is 438 g/mol. The van der Waals surface area contributed by atoms with Gasteiger partial charge in [-0.1, -0.05) is 115 Å². The molecule has 0 aliphatic heterocycles. The maximum Gasteiger partial charge on any atom is 0.0462 e. The maximum atomic E-state index is 2.29. The Bertz CT molecular complexity index is 1350. The van der Waals surface area contributed by atoms with E-state index in [1.54, 1.807) is 0 Å². The van der Waals surface area contributed by atoms with E-state index >= 15 is 0 Å². The zero-order chi connectivity index (χ0) is 23.2. The lowest BCUT2D eigenvalue weighted by Gasteiger charge is -2.25. The van der Waals surface area contributed by atoms with Crippen LogP contribution in [0.15, 0.2) is 133 Å². The van der Waals surface area contributed by atoms with Gasteiger partial charge in [0.15, 0.2) is 0 Å². The molecule has 0 unspecified atom stereocenters. The Hall–Kier alpha value is -4.36. The largest absolute Gasteiger partial charge is 0.311 e. The molecule has 1 heteroatoms. The summed E-state index contributed by atoms with van der Waals surface area (Å²) < 4.78 is 0. The van der Waals surface area contributed by atoms with Crippen molar-refractivity contribution in [3.8, 4) is 11.1 Å². The van der Waals surface area contributed by atoms with Crippen molar-refractivity contribution in [2.24, 2.45) is 0 Å². The van der Waals surface area contributed by atoms with Crippen molar-refractivity contribution in [3.63, 3.8) is 0 Å². The number of hydrogen-bond donors (Lipinski definition) is 0. The van der Waals surface area contributed by atoms with Gasteiger partial charge in [-0.15, -0.1) is 0 Å². The zero-order valence-electron chi connectivity index (χ0n) is 19.3. The molecular weight excluding hydrogens is 410 g/mol. The third-order valence-corrected chi connectivity index (χ3v) is 5.94. The van der Waals surface area contributed by atoms with Crippen LogP contribution in [0.4, 0.5) is 17.1 Å². The highest BCUT2D eigenvalue weighted by molar-refractivity contribution is 5.79. The molecule has 0 atom stereocenters. The van der Waals surface area contributed by atoms with E-state index in [-0.39, 0.29) is 0 Å². The SMILES string of the molecule is Cc1ccc(C=Cc2ccc(N(c3ccccc3)c3ccc(-c4ccccc4)cc3)cc2)cc1. The number of aryl methyl sites for hydroxylation is 1. The lowest BCUT2D eigenvalue weighted by atomic mass is 10.0. The van der Waals surface area contributed by atoms with Crippen LogP contribution in [0.1, 0.15) is 16.7 Å². The standard InChI is InChI=1S/C33H27N/c1-26-12-14-27(15-13-26)16-17-28-18-22-32(23-19-28)34(31-10-6-3-7-11-31)33-24-20-30(21-25-33)29-8-4-2-5-9-29/h2-25H,1H3. The summed E-state index contributed by atoms with van der Waals surface area (Å²) in [6.07, 6.45) is 4.32. The molecule has 164 valence electrons. The van der Waals surface area contributed by atoms with Crippen LogP contribution in [-0.4, -0.2) is 0 Å². The monoisotopic (exact) mass is 437 g/mol. The lowest BCUT2D eigenvalue weighted by molar-refractivity contribution is 1.28. The van der Waals surface area contributed by atoms with Crippen molar-refractivity contribution in [1.82, 2.24) is 0 Å². The minimum absolute atomic E-state index is 1.13. The summed E-state index contributed by atoms with van der Waals surface area (Å²) in [4.78, 5) is 2.29. The molecule has 5 rings (SSSR count). The first-order valence-corrected chi connectivity index (χ1v) is 11.6. The molecule has 0 aliphatic carbocycles. The molecule has 0 bridgehead atoms. The number of nitrogens with zero attached hydrogens (tertiary/aromatic N) is 1. The van der Waals surface area contributed by atoms with Crippen molar-refractivity contribution in [2.45, 2.75) is 6.92 Å². The van der Waals surface area contributed by atoms with Crippen LogP contribution < -0.4 is 4.90 Å². The summed E-state index contributed by atoms with van der Waals surface area (Å²) >= 11 is 0. The van der Waals surface area contributed by atoms with Gasteiger partial charge in [-0.3, -0.25) is 0 Å². The Morgan fingerprint density at radius 2 is 0.824 bits per heavy atom. The van der Waals surface area contributed by atoms with Crippen LogP contribution in [0.5, 0.6) is 0 Å². The van der Waals surface area contributed by atoms with Crippen LogP contribution in [0.2, 0.25) is 0 Å². The Morgan fingerprint density at radius 1 is 0.412 bits per heavy atom. The third-order valence-electron chi connectivity index (χ3n) is 5.94. The van der Waals surface area contributed by atoms with Gasteiger partial charge in [0.2, 0.25) is 0 Å². The predicted molar refractivity (Wildman–Crippen MR) is 147 cm³/mol. The van der Waals surface area contributed by atoms with Crippen molar-refractivity contribution in [1.29, 1.82) is 0 Å². The van der Waals surface area contributed by atoms with E-state index in [0.29, 0.717) is 0 Å². The molecule has 0 fully saturated rings. The van der Waals surface area contributed by atoms with E-state index in [1.165, 1.54) is 27.8 Å². The average Bonchev–Trinajstić information content (AvgIpc) is 2.91. The minimum Gasteiger partial charge on any atom is -0.311 e. The first-order chi connectivity index (χ1) is 16.8. The highest BCUT2D eigenvalue weighted by Gasteiger charge is 2.12. The van der Waals surface area contributed by atoms with Crippen LogP contribution in [0, 0.1) is 6.92 Å². The summed E-state index contributed by atoms with van der Waals surface area (Å²) in [5, 5.41) is 0. The van der Waals surface area contributed by atoms with Gasteiger partial charge in [0.25, 0.3) is 0 Å². The quantitative estimate of drug-likeness (QED) is 0.239. The lowest BCUT2D eigenvalue weighted by Crippen LogP contribution is -2.09. The molecular formula is C33H27N. The Labute approximate surface area is 202 Å². The summed E-state index contributed by atoms with van der Waals surface area (Å²) in [5.74, 6) is 0. The molecule has 5 aromatic rings. The predicted octanol–water partition coefficient (Wildman–Crippen LogP) is 9.30. The Balaban J connectivity index is 1.44. The first kappa shape index (κ1) is 21.5. The highest BCUT2D eigenvalue weighted by atomic mass is 15.1. The molecule has 0 saturated heterocycles. The third kappa shape index (κ3) is 5.00. The van der Waals surface area contributed by atoms with E-state index in [9.17, 15) is 0 Å². The van der Waals surface area contributed by atoms with Crippen molar-refractivity contribution in [3.05, 3.63) is 150 Å². The van der Waals surface area contributed by atoms with Gasteiger partial charge < -0.3 is 4.90 Å². The fourth-order valence-corrected chi connectivity index (χ4v) is 4.06. The van der Waals surface area contributed by atoms with Crippen LogP contribution in [-0.2, 0) is 0 Å². The van der Waals surface area contributed by atoms with E-state index in [0.717, 1.165) is 17.1 Å². The molecule has 0 heterocycles. The second kappa shape index (κ2) is 10.1. The molecule has 0 spiro atoms. The number of rotatable bonds is 6. The molecule has 1 nitrogen and oxygen atoms in total. The smallest absolute Gasteiger partial charge is 0.0462 e. The summed E-state index contributed by atoms with van der Waals surface area (Å²) in [7, 11) is 0. The molecule has 0 amide bonds.